The highest BCUT2D eigenvalue weighted by Gasteiger charge is 2.35. The first-order valence-corrected chi connectivity index (χ1v) is 11.5. The molecule has 1 atom stereocenters. The molecule has 0 saturated heterocycles. The Morgan fingerprint density at radius 1 is 1.11 bits per heavy atom. The molecule has 1 aliphatic rings. The summed E-state index contributed by atoms with van der Waals surface area (Å²) in [5, 5.41) is 21.7. The number of carbonyl (C=O) groups excluding carboxylic acids is 1. The lowest BCUT2D eigenvalue weighted by Crippen LogP contribution is -2.36. The molecule has 188 valence electrons. The molecular formula is C26H21ClF3NO5. The second-order valence-corrected chi connectivity index (χ2v) is 9.07. The lowest BCUT2D eigenvalue weighted by Gasteiger charge is -2.17. The molecule has 0 spiro atoms. The molecule has 0 aliphatic heterocycles. The third-order valence-electron chi connectivity index (χ3n) is 6.10. The van der Waals surface area contributed by atoms with Gasteiger partial charge in [-0.25, -0.2) is 9.18 Å². The number of nitrogens with zero attached hydrogens (tertiary/aromatic N) is 1. The van der Waals surface area contributed by atoms with Crippen LogP contribution < -0.4 is 9.47 Å². The van der Waals surface area contributed by atoms with Crippen molar-refractivity contribution in [1.82, 2.24) is 0 Å². The third-order valence-corrected chi connectivity index (χ3v) is 6.39. The van der Waals surface area contributed by atoms with E-state index in [1.54, 1.807) is 12.1 Å². The molecule has 0 radical (unpaired) electrons. The Morgan fingerprint density at radius 2 is 1.81 bits per heavy atom. The second-order valence-electron chi connectivity index (χ2n) is 8.66. The van der Waals surface area contributed by atoms with E-state index < -0.39 is 30.1 Å². The fourth-order valence-corrected chi connectivity index (χ4v) is 4.26. The molecule has 1 aromatic heterocycles. The Bertz CT molecular complexity index is 1300. The number of rotatable bonds is 10. The minimum Gasteiger partial charge on any atom is -0.618 e. The maximum Gasteiger partial charge on any atom is 0.387 e. The predicted octanol–water partition coefficient (Wildman–Crippen LogP) is 5.77. The SMILES string of the molecule is O=C(O)c1ccc(CC(=O)[C@@H](CC2CC2)c2ccc(-c3c(OC(F)F)ccc(Cl)c3F)c[n+]2[O-])cc1. The molecule has 1 fully saturated rings. The monoisotopic (exact) mass is 519 g/mol. The van der Waals surface area contributed by atoms with E-state index in [0.29, 0.717) is 22.6 Å². The fraction of sp³-hybridized carbons (Fsp3) is 0.269. The number of ether oxygens (including phenoxy) is 1. The average molecular weight is 520 g/mol. The summed E-state index contributed by atoms with van der Waals surface area (Å²) in [7, 11) is 0. The zero-order valence-electron chi connectivity index (χ0n) is 18.8. The van der Waals surface area contributed by atoms with Gasteiger partial charge in [0.25, 0.3) is 0 Å². The third kappa shape index (κ3) is 5.79. The van der Waals surface area contributed by atoms with Crippen LogP contribution in [0.15, 0.2) is 54.7 Å². The topological polar surface area (TPSA) is 90.5 Å². The highest BCUT2D eigenvalue weighted by molar-refractivity contribution is 6.31. The summed E-state index contributed by atoms with van der Waals surface area (Å²) in [5.41, 5.74) is 0.428. The van der Waals surface area contributed by atoms with Crippen molar-refractivity contribution in [3.63, 3.8) is 0 Å². The summed E-state index contributed by atoms with van der Waals surface area (Å²) >= 11 is 5.82. The van der Waals surface area contributed by atoms with E-state index in [1.165, 1.54) is 24.3 Å². The van der Waals surface area contributed by atoms with Crippen molar-refractivity contribution in [3.05, 3.63) is 87.6 Å². The van der Waals surface area contributed by atoms with Gasteiger partial charge in [-0.1, -0.05) is 36.6 Å². The summed E-state index contributed by atoms with van der Waals surface area (Å²) in [5.74, 6) is -3.25. The van der Waals surface area contributed by atoms with E-state index in [-0.39, 0.29) is 39.6 Å². The van der Waals surface area contributed by atoms with Crippen LogP contribution in [-0.2, 0) is 11.2 Å². The molecule has 1 aliphatic carbocycles. The number of benzene rings is 2. The van der Waals surface area contributed by atoms with Gasteiger partial charge in [-0.05, 0) is 48.2 Å². The summed E-state index contributed by atoms with van der Waals surface area (Å²) < 4.78 is 45.3. The number of aromatic nitrogens is 1. The molecule has 36 heavy (non-hydrogen) atoms. The Balaban J connectivity index is 1.65. The van der Waals surface area contributed by atoms with Crippen LogP contribution in [0.4, 0.5) is 13.2 Å². The predicted molar refractivity (Wildman–Crippen MR) is 125 cm³/mol. The van der Waals surface area contributed by atoms with Crippen molar-refractivity contribution >= 4 is 23.4 Å². The van der Waals surface area contributed by atoms with Gasteiger partial charge >= 0.3 is 12.6 Å². The maximum absolute atomic E-state index is 14.8. The lowest BCUT2D eigenvalue weighted by atomic mass is 9.89. The normalized spacial score (nSPS) is 14.0. The van der Waals surface area contributed by atoms with E-state index in [1.807, 2.05) is 0 Å². The molecule has 4 rings (SSSR count). The first-order valence-electron chi connectivity index (χ1n) is 11.1. The molecular weight excluding hydrogens is 499 g/mol. The molecule has 2 aromatic carbocycles. The first kappa shape index (κ1) is 25.5. The number of hydrogen-bond acceptors (Lipinski definition) is 4. The standard InChI is InChI=1S/C26H21ClF3NO5/c27-19-8-10-22(36-26(29)30)23(24(19)28)17-7-9-20(31(35)13-17)18(11-14-1-2-14)21(32)12-15-3-5-16(6-4-15)25(33)34/h3-10,13-14,18,26H,1-2,11-12H2,(H,33,34)/t18-/m0/s1. The van der Waals surface area contributed by atoms with E-state index in [2.05, 4.69) is 4.74 Å². The number of hydrogen-bond donors (Lipinski definition) is 1. The van der Waals surface area contributed by atoms with Crippen LogP contribution in [0.3, 0.4) is 0 Å². The number of aromatic carboxylic acids is 1. The van der Waals surface area contributed by atoms with Crippen LogP contribution in [-0.4, -0.2) is 23.5 Å². The Kier molecular flexibility index (Phi) is 7.49. The van der Waals surface area contributed by atoms with Gasteiger partial charge in [0.2, 0.25) is 5.69 Å². The highest BCUT2D eigenvalue weighted by atomic mass is 35.5. The van der Waals surface area contributed by atoms with Crippen LogP contribution >= 0.6 is 11.6 Å². The lowest BCUT2D eigenvalue weighted by molar-refractivity contribution is -0.614. The molecule has 1 saturated carbocycles. The second kappa shape index (κ2) is 10.6. The van der Waals surface area contributed by atoms with E-state index in [4.69, 9.17) is 16.7 Å². The molecule has 6 nitrogen and oxygen atoms in total. The minimum absolute atomic E-state index is 0.00562. The number of Topliss-reactive ketones (excluding diaryl/α,β-unsaturated/α-hetero) is 1. The molecule has 3 aromatic rings. The van der Waals surface area contributed by atoms with E-state index in [9.17, 15) is 28.0 Å². The summed E-state index contributed by atoms with van der Waals surface area (Å²) in [6, 6.07) is 10.8. The van der Waals surface area contributed by atoms with Crippen LogP contribution in [0.5, 0.6) is 5.75 Å². The van der Waals surface area contributed by atoms with Crippen molar-refractivity contribution in [1.29, 1.82) is 0 Å². The molecule has 1 heterocycles. The van der Waals surface area contributed by atoms with Crippen LogP contribution in [0, 0.1) is 16.9 Å². The molecule has 0 bridgehead atoms. The van der Waals surface area contributed by atoms with Crippen molar-refractivity contribution in [2.75, 3.05) is 0 Å². The Morgan fingerprint density at radius 3 is 2.39 bits per heavy atom. The van der Waals surface area contributed by atoms with Crippen molar-refractivity contribution in [2.45, 2.75) is 38.2 Å². The number of carboxylic acid groups (broad SMARTS) is 1. The molecule has 10 heteroatoms. The minimum atomic E-state index is -3.21. The van der Waals surface area contributed by atoms with Gasteiger partial charge in [-0.2, -0.15) is 13.5 Å². The molecule has 0 amide bonds. The number of alkyl halides is 2. The first-order chi connectivity index (χ1) is 17.1. The highest BCUT2D eigenvalue weighted by Crippen LogP contribution is 2.40. The van der Waals surface area contributed by atoms with Gasteiger partial charge in [0.1, 0.15) is 11.7 Å². The molecule has 0 unspecified atom stereocenters. The quantitative estimate of drug-likeness (QED) is 0.271. The fourth-order valence-electron chi connectivity index (χ4n) is 4.10. The van der Waals surface area contributed by atoms with Gasteiger partial charge in [-0.15, -0.1) is 0 Å². The smallest absolute Gasteiger partial charge is 0.387 e. The van der Waals surface area contributed by atoms with Crippen LogP contribution in [0.25, 0.3) is 11.1 Å². The summed E-state index contributed by atoms with van der Waals surface area (Å²) in [6.45, 7) is -3.21. The Labute approximate surface area is 209 Å². The number of halogens is 4. The largest absolute Gasteiger partial charge is 0.618 e. The zero-order valence-corrected chi connectivity index (χ0v) is 19.6. The van der Waals surface area contributed by atoms with Gasteiger partial charge in [-0.3, -0.25) is 4.79 Å². The number of ketones is 1. The van der Waals surface area contributed by atoms with Gasteiger partial charge < -0.3 is 15.1 Å². The van der Waals surface area contributed by atoms with E-state index >= 15 is 0 Å². The van der Waals surface area contributed by atoms with Crippen LogP contribution in [0.2, 0.25) is 5.02 Å². The summed E-state index contributed by atoms with van der Waals surface area (Å²) in [4.78, 5) is 24.3. The van der Waals surface area contributed by atoms with Gasteiger partial charge in [0.15, 0.2) is 17.8 Å². The maximum atomic E-state index is 14.8. The molecule has 1 N–H and O–H groups in total. The van der Waals surface area contributed by atoms with Crippen molar-refractivity contribution < 1.29 is 37.3 Å². The summed E-state index contributed by atoms with van der Waals surface area (Å²) in [6.07, 6.45) is 3.34. The zero-order chi connectivity index (χ0) is 26.0. The number of carbonyl (C=O) groups is 2. The van der Waals surface area contributed by atoms with Gasteiger partial charge in [0, 0.05) is 12.5 Å². The number of carboxylic acids is 1. The van der Waals surface area contributed by atoms with Crippen LogP contribution in [0.1, 0.15) is 46.8 Å². The van der Waals surface area contributed by atoms with Crippen molar-refractivity contribution in [3.8, 4) is 16.9 Å². The Hall–Kier alpha value is -3.59. The number of pyridine rings is 1. The van der Waals surface area contributed by atoms with Gasteiger partial charge in [0.05, 0.1) is 21.7 Å². The average Bonchev–Trinajstić information content (AvgIpc) is 3.65. The van der Waals surface area contributed by atoms with Crippen molar-refractivity contribution in [2.24, 2.45) is 5.92 Å². The van der Waals surface area contributed by atoms with E-state index in [0.717, 1.165) is 31.2 Å².